The van der Waals surface area contributed by atoms with Gasteiger partial charge >= 0.3 is 0 Å². The summed E-state index contributed by atoms with van der Waals surface area (Å²) in [5.74, 6) is 0.741. The van der Waals surface area contributed by atoms with E-state index in [4.69, 9.17) is 4.74 Å². The monoisotopic (exact) mass is 340 g/mol. The molecule has 1 N–H and O–H groups in total. The second kappa shape index (κ2) is 7.50. The third-order valence-corrected chi connectivity index (χ3v) is 5.56. The van der Waals surface area contributed by atoms with Crippen LogP contribution in [0.15, 0.2) is 24.3 Å². The Balaban J connectivity index is 1.67. The van der Waals surface area contributed by atoms with Gasteiger partial charge in [-0.15, -0.1) is 11.3 Å². The smallest absolute Gasteiger partial charge is 0.225 e. The van der Waals surface area contributed by atoms with Crippen LogP contribution in [0, 0.1) is 11.3 Å². The van der Waals surface area contributed by atoms with Crippen LogP contribution in [0.1, 0.15) is 40.8 Å². The maximum Gasteiger partial charge on any atom is 0.225 e. The summed E-state index contributed by atoms with van der Waals surface area (Å²) in [6.45, 7) is 0. The van der Waals surface area contributed by atoms with Crippen molar-refractivity contribution in [2.24, 2.45) is 0 Å². The van der Waals surface area contributed by atoms with E-state index >= 15 is 0 Å². The molecule has 3 rings (SSSR count). The zero-order valence-corrected chi connectivity index (χ0v) is 14.5. The van der Waals surface area contributed by atoms with E-state index in [0.29, 0.717) is 18.4 Å². The van der Waals surface area contributed by atoms with Crippen molar-refractivity contribution in [1.82, 2.24) is 0 Å². The number of aryl methyl sites for hydroxylation is 2. The van der Waals surface area contributed by atoms with Crippen molar-refractivity contribution in [3.63, 3.8) is 0 Å². The molecule has 24 heavy (non-hydrogen) atoms. The van der Waals surface area contributed by atoms with Gasteiger partial charge in [0.2, 0.25) is 5.91 Å². The number of nitrogens with zero attached hydrogens (tertiary/aromatic N) is 1. The molecule has 0 radical (unpaired) electrons. The summed E-state index contributed by atoms with van der Waals surface area (Å²) in [6, 6.07) is 10.00. The number of amides is 1. The van der Waals surface area contributed by atoms with Crippen LogP contribution in [0.4, 0.5) is 5.00 Å². The molecule has 1 heterocycles. The van der Waals surface area contributed by atoms with E-state index in [9.17, 15) is 10.1 Å². The minimum absolute atomic E-state index is 0.0593. The minimum Gasteiger partial charge on any atom is -0.496 e. The molecule has 0 spiro atoms. The number of para-hydroxylation sites is 1. The predicted molar refractivity (Wildman–Crippen MR) is 95.6 cm³/mol. The Morgan fingerprint density at radius 2 is 2.12 bits per heavy atom. The summed E-state index contributed by atoms with van der Waals surface area (Å²) < 4.78 is 5.31. The van der Waals surface area contributed by atoms with Crippen LogP contribution in [0.5, 0.6) is 5.75 Å². The number of hydrogen-bond acceptors (Lipinski definition) is 4. The Bertz CT molecular complexity index is 789. The highest BCUT2D eigenvalue weighted by molar-refractivity contribution is 7.16. The molecule has 0 unspecified atom stereocenters. The molecule has 0 fully saturated rings. The van der Waals surface area contributed by atoms with E-state index in [1.165, 1.54) is 11.3 Å². The summed E-state index contributed by atoms with van der Waals surface area (Å²) in [7, 11) is 1.63. The Morgan fingerprint density at radius 3 is 2.92 bits per heavy atom. The Hall–Kier alpha value is -2.32. The van der Waals surface area contributed by atoms with Crippen molar-refractivity contribution in [3.8, 4) is 11.8 Å². The fraction of sp³-hybridized carbons (Fsp3) is 0.368. The molecule has 1 aromatic carbocycles. The van der Waals surface area contributed by atoms with Gasteiger partial charge in [0, 0.05) is 11.3 Å². The van der Waals surface area contributed by atoms with Gasteiger partial charge in [-0.2, -0.15) is 5.26 Å². The van der Waals surface area contributed by atoms with Gasteiger partial charge in [0.25, 0.3) is 0 Å². The molecule has 1 aromatic heterocycles. The number of nitriles is 1. The van der Waals surface area contributed by atoms with Crippen LogP contribution in [0.2, 0.25) is 0 Å². The molecule has 0 saturated carbocycles. The first-order valence-corrected chi connectivity index (χ1v) is 9.01. The van der Waals surface area contributed by atoms with Crippen LogP contribution < -0.4 is 10.1 Å². The molecule has 1 aliphatic carbocycles. The Kier molecular flexibility index (Phi) is 5.17. The quantitative estimate of drug-likeness (QED) is 0.892. The van der Waals surface area contributed by atoms with Gasteiger partial charge < -0.3 is 10.1 Å². The number of carbonyl (C=O) groups is 1. The maximum atomic E-state index is 12.3. The van der Waals surface area contributed by atoms with Crippen molar-refractivity contribution < 1.29 is 9.53 Å². The summed E-state index contributed by atoms with van der Waals surface area (Å²) in [5.41, 5.74) is 2.83. The molecule has 0 bridgehead atoms. The van der Waals surface area contributed by atoms with Gasteiger partial charge in [-0.1, -0.05) is 18.2 Å². The van der Waals surface area contributed by atoms with E-state index in [1.54, 1.807) is 18.4 Å². The molecule has 124 valence electrons. The van der Waals surface area contributed by atoms with Crippen molar-refractivity contribution in [1.29, 1.82) is 5.26 Å². The van der Waals surface area contributed by atoms with Crippen LogP contribution >= 0.6 is 11.3 Å². The molecular formula is C19H20N2O2S. The van der Waals surface area contributed by atoms with Crippen molar-refractivity contribution in [3.05, 3.63) is 45.8 Å². The topological polar surface area (TPSA) is 62.1 Å². The third-order valence-electron chi connectivity index (χ3n) is 4.35. The molecule has 1 amide bonds. The fourth-order valence-electron chi connectivity index (χ4n) is 3.12. The predicted octanol–water partition coefficient (Wildman–Crippen LogP) is 4.08. The van der Waals surface area contributed by atoms with Crippen molar-refractivity contribution >= 4 is 22.2 Å². The summed E-state index contributed by atoms with van der Waals surface area (Å²) >= 11 is 1.57. The summed E-state index contributed by atoms with van der Waals surface area (Å²) in [4.78, 5) is 13.6. The highest BCUT2D eigenvalue weighted by Crippen LogP contribution is 2.37. The first-order valence-electron chi connectivity index (χ1n) is 8.19. The largest absolute Gasteiger partial charge is 0.496 e. The van der Waals surface area contributed by atoms with Gasteiger partial charge in [-0.25, -0.2) is 0 Å². The number of anilines is 1. The average molecular weight is 340 g/mol. The van der Waals surface area contributed by atoms with Crippen molar-refractivity contribution in [2.75, 3.05) is 12.4 Å². The molecule has 2 aromatic rings. The lowest BCUT2D eigenvalue weighted by Gasteiger charge is -2.09. The average Bonchev–Trinajstić information content (AvgIpc) is 2.97. The van der Waals surface area contributed by atoms with Crippen LogP contribution in [-0.2, 0) is 24.1 Å². The third kappa shape index (κ3) is 3.44. The second-order valence-corrected chi connectivity index (χ2v) is 6.99. The Morgan fingerprint density at radius 1 is 1.33 bits per heavy atom. The molecule has 4 nitrogen and oxygen atoms in total. The molecule has 0 aliphatic heterocycles. The highest BCUT2D eigenvalue weighted by atomic mass is 32.1. The van der Waals surface area contributed by atoms with E-state index in [1.807, 2.05) is 24.3 Å². The zero-order chi connectivity index (χ0) is 16.9. The van der Waals surface area contributed by atoms with Crippen LogP contribution in [0.3, 0.4) is 0 Å². The number of fused-ring (bicyclic) bond motifs is 1. The normalized spacial score (nSPS) is 13.0. The number of thiophene rings is 1. The minimum atomic E-state index is -0.0593. The summed E-state index contributed by atoms with van der Waals surface area (Å²) in [6.07, 6.45) is 5.24. The van der Waals surface area contributed by atoms with Crippen LogP contribution in [-0.4, -0.2) is 13.0 Å². The number of nitrogens with one attached hydrogen (secondary N) is 1. The standard InChI is InChI=1S/C19H20N2O2S/c1-23-16-8-4-2-6-13(16)10-11-18(22)21-19-15(12-20)14-7-3-5-9-17(14)24-19/h2,4,6,8H,3,5,7,9-11H2,1H3,(H,21,22). The second-order valence-electron chi connectivity index (χ2n) is 5.89. The molecule has 0 saturated heterocycles. The molecule has 1 aliphatic rings. The van der Waals surface area contributed by atoms with E-state index in [-0.39, 0.29) is 5.91 Å². The lowest BCUT2D eigenvalue weighted by Crippen LogP contribution is -2.12. The maximum absolute atomic E-state index is 12.3. The molecule has 5 heteroatoms. The van der Waals surface area contributed by atoms with Gasteiger partial charge in [0.1, 0.15) is 16.8 Å². The summed E-state index contributed by atoms with van der Waals surface area (Å²) in [5, 5.41) is 13.1. The first-order chi connectivity index (χ1) is 11.7. The van der Waals surface area contributed by atoms with Crippen LogP contribution in [0.25, 0.3) is 0 Å². The van der Waals surface area contributed by atoms with E-state index < -0.39 is 0 Å². The lowest BCUT2D eigenvalue weighted by atomic mass is 9.96. The van der Waals surface area contributed by atoms with E-state index in [2.05, 4.69) is 11.4 Å². The number of rotatable bonds is 5. The number of hydrogen-bond donors (Lipinski definition) is 1. The van der Waals surface area contributed by atoms with Crippen molar-refractivity contribution in [2.45, 2.75) is 38.5 Å². The lowest BCUT2D eigenvalue weighted by molar-refractivity contribution is -0.116. The fourth-order valence-corrected chi connectivity index (χ4v) is 4.37. The molecule has 0 atom stereocenters. The van der Waals surface area contributed by atoms with Gasteiger partial charge in [0.15, 0.2) is 0 Å². The number of carbonyl (C=O) groups excluding carboxylic acids is 1. The zero-order valence-electron chi connectivity index (χ0n) is 13.7. The number of ether oxygens (including phenoxy) is 1. The molecular weight excluding hydrogens is 320 g/mol. The number of methoxy groups -OCH3 is 1. The Labute approximate surface area is 146 Å². The number of benzene rings is 1. The first kappa shape index (κ1) is 16.5. The highest BCUT2D eigenvalue weighted by Gasteiger charge is 2.21. The van der Waals surface area contributed by atoms with Gasteiger partial charge in [-0.05, 0) is 49.3 Å². The SMILES string of the molecule is COc1ccccc1CCC(=O)Nc1sc2c(c1C#N)CCCC2. The van der Waals surface area contributed by atoms with E-state index in [0.717, 1.165) is 41.1 Å². The van der Waals surface area contributed by atoms with Gasteiger partial charge in [0.05, 0.1) is 12.7 Å². The van der Waals surface area contributed by atoms with Gasteiger partial charge in [-0.3, -0.25) is 4.79 Å².